The second-order valence-corrected chi connectivity index (χ2v) is 7.83. The number of anilines is 1. The molecule has 0 saturated carbocycles. The molecule has 3 aromatic rings. The molecule has 1 atom stereocenters. The molecular formula is C20H18N4O4S. The highest BCUT2D eigenvalue weighted by Crippen LogP contribution is 2.38. The number of aromatic nitrogens is 2. The topological polar surface area (TPSA) is 124 Å². The lowest BCUT2D eigenvalue weighted by molar-refractivity contribution is -0.123. The van der Waals surface area contributed by atoms with E-state index in [2.05, 4.69) is 15.3 Å². The Kier molecular flexibility index (Phi) is 4.98. The number of carbonyl (C=O) groups excluding carboxylic acids is 3. The predicted molar refractivity (Wildman–Crippen MR) is 108 cm³/mol. The largest absolute Gasteiger partial charge is 0.449 e. The smallest absolute Gasteiger partial charge is 0.338 e. The summed E-state index contributed by atoms with van der Waals surface area (Å²) in [6, 6.07) is 4.79. The number of nitrogens with two attached hydrogens (primary N) is 1. The molecular weight excluding hydrogens is 392 g/mol. The molecule has 0 fully saturated rings. The number of fused-ring (bicyclic) bond motifs is 2. The van der Waals surface area contributed by atoms with E-state index in [0.29, 0.717) is 21.6 Å². The van der Waals surface area contributed by atoms with E-state index in [1.165, 1.54) is 24.5 Å². The number of benzene rings is 1. The standard InChI is InChI=1S/C20H18N4O4S/c1-10(28-20(27)11-5-6-13-14(9-11)23-8-7-22-13)18(26)24-19-16(17(21)25)12-3-2-4-15(12)29-19/h5-10H,2-4H2,1H3,(H2,21,25)(H,24,26)/t10-/m0/s1. The Morgan fingerprint density at radius 2 is 1.93 bits per heavy atom. The van der Waals surface area contributed by atoms with Gasteiger partial charge in [-0.3, -0.25) is 19.6 Å². The van der Waals surface area contributed by atoms with Crippen LogP contribution >= 0.6 is 11.3 Å². The van der Waals surface area contributed by atoms with Gasteiger partial charge in [-0.05, 0) is 49.9 Å². The number of rotatable bonds is 5. The molecule has 0 spiro atoms. The van der Waals surface area contributed by atoms with Crippen molar-refractivity contribution < 1.29 is 19.1 Å². The summed E-state index contributed by atoms with van der Waals surface area (Å²) in [7, 11) is 0. The van der Waals surface area contributed by atoms with Gasteiger partial charge in [0, 0.05) is 17.3 Å². The number of nitrogens with zero attached hydrogens (tertiary/aromatic N) is 2. The fraction of sp³-hybridized carbons (Fsp3) is 0.250. The fourth-order valence-corrected chi connectivity index (χ4v) is 4.64. The van der Waals surface area contributed by atoms with Gasteiger partial charge in [0.15, 0.2) is 6.10 Å². The molecule has 8 nitrogen and oxygen atoms in total. The van der Waals surface area contributed by atoms with Crippen molar-refractivity contribution in [3.8, 4) is 0 Å². The van der Waals surface area contributed by atoms with Crippen molar-refractivity contribution in [2.75, 3.05) is 5.32 Å². The molecule has 9 heteroatoms. The molecule has 148 valence electrons. The molecule has 0 unspecified atom stereocenters. The third kappa shape index (κ3) is 3.68. The van der Waals surface area contributed by atoms with Crippen molar-refractivity contribution in [1.82, 2.24) is 9.97 Å². The van der Waals surface area contributed by atoms with Crippen molar-refractivity contribution in [3.05, 3.63) is 52.2 Å². The van der Waals surface area contributed by atoms with Gasteiger partial charge in [-0.25, -0.2) is 4.79 Å². The summed E-state index contributed by atoms with van der Waals surface area (Å²) in [4.78, 5) is 46.2. The average molecular weight is 410 g/mol. The van der Waals surface area contributed by atoms with E-state index in [-0.39, 0.29) is 5.56 Å². The maximum absolute atomic E-state index is 12.5. The summed E-state index contributed by atoms with van der Waals surface area (Å²) < 4.78 is 5.29. The zero-order chi connectivity index (χ0) is 20.5. The van der Waals surface area contributed by atoms with Gasteiger partial charge in [0.2, 0.25) is 0 Å². The highest BCUT2D eigenvalue weighted by molar-refractivity contribution is 7.17. The van der Waals surface area contributed by atoms with Gasteiger partial charge in [-0.2, -0.15) is 0 Å². The SMILES string of the molecule is C[C@H](OC(=O)c1ccc2nccnc2c1)C(=O)Nc1sc2c(c1C(N)=O)CCC2. The van der Waals surface area contributed by atoms with Crippen LogP contribution in [0.1, 0.15) is 44.5 Å². The number of amides is 2. The fourth-order valence-electron chi connectivity index (χ4n) is 3.34. The zero-order valence-corrected chi connectivity index (χ0v) is 16.4. The van der Waals surface area contributed by atoms with Crippen molar-refractivity contribution in [1.29, 1.82) is 0 Å². The van der Waals surface area contributed by atoms with Crippen LogP contribution in [0.3, 0.4) is 0 Å². The summed E-state index contributed by atoms with van der Waals surface area (Å²) in [5, 5.41) is 3.10. The first-order valence-corrected chi connectivity index (χ1v) is 9.92. The lowest BCUT2D eigenvalue weighted by atomic mass is 10.1. The molecule has 4 rings (SSSR count). The van der Waals surface area contributed by atoms with E-state index >= 15 is 0 Å². The van der Waals surface area contributed by atoms with Crippen molar-refractivity contribution >= 4 is 45.2 Å². The zero-order valence-electron chi connectivity index (χ0n) is 15.6. The summed E-state index contributed by atoms with van der Waals surface area (Å²) in [5.74, 6) is -1.74. The Morgan fingerprint density at radius 1 is 1.17 bits per heavy atom. The van der Waals surface area contributed by atoms with Gasteiger partial charge in [0.25, 0.3) is 11.8 Å². The van der Waals surface area contributed by atoms with Crippen LogP contribution in [0.2, 0.25) is 0 Å². The second-order valence-electron chi connectivity index (χ2n) is 6.72. The van der Waals surface area contributed by atoms with E-state index in [0.717, 1.165) is 29.7 Å². The van der Waals surface area contributed by atoms with Gasteiger partial charge in [-0.15, -0.1) is 11.3 Å². The Morgan fingerprint density at radius 3 is 2.69 bits per heavy atom. The van der Waals surface area contributed by atoms with Crippen LogP contribution in [-0.4, -0.2) is 33.9 Å². The molecule has 1 aromatic carbocycles. The van der Waals surface area contributed by atoms with Gasteiger partial charge >= 0.3 is 5.97 Å². The van der Waals surface area contributed by atoms with Gasteiger partial charge < -0.3 is 15.8 Å². The molecule has 29 heavy (non-hydrogen) atoms. The Hall–Kier alpha value is -3.33. The highest BCUT2D eigenvalue weighted by atomic mass is 32.1. The first kappa shape index (κ1) is 19.0. The molecule has 0 aliphatic heterocycles. The summed E-state index contributed by atoms with van der Waals surface area (Å²) in [6.45, 7) is 1.47. The minimum atomic E-state index is -1.06. The van der Waals surface area contributed by atoms with Crippen LogP contribution in [0.4, 0.5) is 5.00 Å². The van der Waals surface area contributed by atoms with E-state index in [4.69, 9.17) is 10.5 Å². The molecule has 0 radical (unpaired) electrons. The first-order chi connectivity index (χ1) is 13.9. The van der Waals surface area contributed by atoms with Crippen molar-refractivity contribution in [2.24, 2.45) is 5.73 Å². The third-order valence-electron chi connectivity index (χ3n) is 4.76. The molecule has 0 saturated heterocycles. The molecule has 2 heterocycles. The van der Waals surface area contributed by atoms with Gasteiger partial charge in [0.1, 0.15) is 5.00 Å². The molecule has 1 aliphatic carbocycles. The molecule has 2 aromatic heterocycles. The summed E-state index contributed by atoms with van der Waals surface area (Å²) in [6.07, 6.45) is 4.65. The highest BCUT2D eigenvalue weighted by Gasteiger charge is 2.28. The quantitative estimate of drug-likeness (QED) is 0.623. The number of aryl methyl sites for hydroxylation is 1. The van der Waals surface area contributed by atoms with E-state index in [1.54, 1.807) is 24.4 Å². The predicted octanol–water partition coefficient (Wildman–Crippen LogP) is 2.46. The number of hydrogen-bond donors (Lipinski definition) is 2. The lowest BCUT2D eigenvalue weighted by Gasteiger charge is -2.14. The van der Waals surface area contributed by atoms with E-state index in [9.17, 15) is 14.4 Å². The Bertz CT molecular complexity index is 1140. The molecule has 1 aliphatic rings. The van der Waals surface area contributed by atoms with Crippen LogP contribution in [0.5, 0.6) is 0 Å². The normalized spacial score (nSPS) is 13.7. The monoisotopic (exact) mass is 410 g/mol. The average Bonchev–Trinajstić information content (AvgIpc) is 3.27. The minimum absolute atomic E-state index is 0.269. The number of primary amides is 1. The van der Waals surface area contributed by atoms with Crippen molar-refractivity contribution in [2.45, 2.75) is 32.3 Å². The number of ether oxygens (including phenoxy) is 1. The Balaban J connectivity index is 1.47. The number of esters is 1. The number of thiophene rings is 1. The van der Waals surface area contributed by atoms with E-state index < -0.39 is 23.9 Å². The molecule has 3 N–H and O–H groups in total. The van der Waals surface area contributed by atoms with Gasteiger partial charge in [-0.1, -0.05) is 0 Å². The minimum Gasteiger partial charge on any atom is -0.449 e. The first-order valence-electron chi connectivity index (χ1n) is 9.11. The number of hydrogen-bond acceptors (Lipinski definition) is 7. The van der Waals surface area contributed by atoms with Crippen molar-refractivity contribution in [3.63, 3.8) is 0 Å². The maximum Gasteiger partial charge on any atom is 0.338 e. The van der Waals surface area contributed by atoms with Gasteiger partial charge in [0.05, 0.1) is 22.2 Å². The van der Waals surface area contributed by atoms with Crippen LogP contribution < -0.4 is 11.1 Å². The number of carbonyl (C=O) groups is 3. The third-order valence-corrected chi connectivity index (χ3v) is 5.97. The maximum atomic E-state index is 12.5. The molecule has 2 amide bonds. The molecule has 0 bridgehead atoms. The van der Waals surface area contributed by atoms with Crippen LogP contribution in [-0.2, 0) is 22.4 Å². The van der Waals surface area contributed by atoms with Crippen LogP contribution in [0.15, 0.2) is 30.6 Å². The summed E-state index contributed by atoms with van der Waals surface area (Å²) >= 11 is 1.35. The van der Waals surface area contributed by atoms with E-state index in [1.807, 2.05) is 0 Å². The Labute approximate surface area is 170 Å². The lowest BCUT2D eigenvalue weighted by Crippen LogP contribution is -2.30. The number of nitrogens with one attached hydrogen (secondary N) is 1. The van der Waals surface area contributed by atoms with Crippen LogP contribution in [0.25, 0.3) is 11.0 Å². The summed E-state index contributed by atoms with van der Waals surface area (Å²) in [5.41, 5.74) is 8.26. The van der Waals surface area contributed by atoms with Crippen LogP contribution in [0, 0.1) is 0 Å². The second kappa shape index (κ2) is 7.59.